The summed E-state index contributed by atoms with van der Waals surface area (Å²) in [5.74, 6) is 0. The molecule has 1 aromatic carbocycles. The maximum absolute atomic E-state index is 4.39. The van der Waals surface area contributed by atoms with Crippen molar-refractivity contribution in [2.45, 2.75) is 13.5 Å². The number of aromatic nitrogens is 1. The fraction of sp³-hybridized carbons (Fsp3) is 0.250. The molecule has 0 amide bonds. The summed E-state index contributed by atoms with van der Waals surface area (Å²) in [6, 6.07) is 10.4. The predicted octanol–water partition coefficient (Wildman–Crippen LogP) is 2.34. The Morgan fingerprint density at radius 2 is 2.14 bits per heavy atom. The highest BCUT2D eigenvalue weighted by Crippen LogP contribution is 2.12. The van der Waals surface area contributed by atoms with Crippen molar-refractivity contribution in [1.82, 2.24) is 10.3 Å². The molecule has 0 bridgehead atoms. The van der Waals surface area contributed by atoms with E-state index < -0.39 is 0 Å². The molecule has 2 rings (SSSR count). The van der Waals surface area contributed by atoms with Gasteiger partial charge in [-0.3, -0.25) is 4.98 Å². The van der Waals surface area contributed by atoms with Gasteiger partial charge in [0.2, 0.25) is 0 Å². The summed E-state index contributed by atoms with van der Waals surface area (Å²) in [5.41, 5.74) is 2.30. The highest BCUT2D eigenvalue weighted by Gasteiger charge is 1.95. The third-order valence-corrected chi connectivity index (χ3v) is 2.23. The van der Waals surface area contributed by atoms with E-state index in [-0.39, 0.29) is 0 Å². The van der Waals surface area contributed by atoms with E-state index in [0.717, 1.165) is 18.6 Å². The summed E-state index contributed by atoms with van der Waals surface area (Å²) >= 11 is 0. The first kappa shape index (κ1) is 9.16. The number of nitrogens with zero attached hydrogens (tertiary/aromatic N) is 1. The number of hydrogen-bond acceptors (Lipinski definition) is 2. The van der Waals surface area contributed by atoms with Crippen LogP contribution in [0.3, 0.4) is 0 Å². The number of para-hydroxylation sites is 1. The molecule has 2 aromatic rings. The van der Waals surface area contributed by atoms with Gasteiger partial charge in [-0.05, 0) is 24.2 Å². The zero-order valence-corrected chi connectivity index (χ0v) is 8.33. The van der Waals surface area contributed by atoms with Gasteiger partial charge in [0.05, 0.1) is 5.52 Å². The van der Waals surface area contributed by atoms with Crippen molar-refractivity contribution in [3.05, 3.63) is 42.1 Å². The molecule has 0 atom stereocenters. The lowest BCUT2D eigenvalue weighted by Gasteiger charge is -2.03. The molecular formula is C12H14N2. The second kappa shape index (κ2) is 4.20. The molecule has 0 aliphatic heterocycles. The van der Waals surface area contributed by atoms with Crippen molar-refractivity contribution in [2.75, 3.05) is 6.54 Å². The number of nitrogens with one attached hydrogen (secondary N) is 1. The SMILES string of the molecule is CCNCc1cnc2ccccc2c1. The van der Waals surface area contributed by atoms with Crippen molar-refractivity contribution in [3.63, 3.8) is 0 Å². The van der Waals surface area contributed by atoms with E-state index in [2.05, 4.69) is 29.4 Å². The zero-order chi connectivity index (χ0) is 9.80. The van der Waals surface area contributed by atoms with Gasteiger partial charge in [-0.1, -0.05) is 25.1 Å². The molecule has 0 saturated heterocycles. The monoisotopic (exact) mass is 186 g/mol. The minimum atomic E-state index is 0.897. The molecule has 0 aliphatic rings. The standard InChI is InChI=1S/C12H14N2/c1-2-13-8-10-7-11-5-3-4-6-12(11)14-9-10/h3-7,9,13H,2,8H2,1H3. The Hall–Kier alpha value is -1.41. The molecule has 1 heterocycles. The van der Waals surface area contributed by atoms with Crippen molar-refractivity contribution < 1.29 is 0 Å². The van der Waals surface area contributed by atoms with Gasteiger partial charge in [-0.15, -0.1) is 0 Å². The molecule has 1 aromatic heterocycles. The first-order valence-electron chi connectivity index (χ1n) is 4.94. The molecule has 0 spiro atoms. The normalized spacial score (nSPS) is 10.6. The van der Waals surface area contributed by atoms with Crippen LogP contribution in [0.25, 0.3) is 10.9 Å². The Morgan fingerprint density at radius 1 is 1.29 bits per heavy atom. The number of pyridine rings is 1. The van der Waals surface area contributed by atoms with Crippen LogP contribution >= 0.6 is 0 Å². The lowest BCUT2D eigenvalue weighted by Crippen LogP contribution is -2.11. The van der Waals surface area contributed by atoms with Crippen molar-refractivity contribution >= 4 is 10.9 Å². The molecule has 0 fully saturated rings. The molecule has 2 nitrogen and oxygen atoms in total. The van der Waals surface area contributed by atoms with E-state index in [9.17, 15) is 0 Å². The summed E-state index contributed by atoms with van der Waals surface area (Å²) in [6.07, 6.45) is 1.94. The Kier molecular flexibility index (Phi) is 2.75. The summed E-state index contributed by atoms with van der Waals surface area (Å²) in [5, 5.41) is 4.50. The van der Waals surface area contributed by atoms with Gasteiger partial charge in [0.1, 0.15) is 0 Å². The van der Waals surface area contributed by atoms with Crippen LogP contribution in [0.15, 0.2) is 36.5 Å². The van der Waals surface area contributed by atoms with Crippen LogP contribution in [-0.2, 0) is 6.54 Å². The molecule has 14 heavy (non-hydrogen) atoms. The highest BCUT2D eigenvalue weighted by atomic mass is 14.8. The van der Waals surface area contributed by atoms with E-state index >= 15 is 0 Å². The number of fused-ring (bicyclic) bond motifs is 1. The third kappa shape index (κ3) is 1.91. The molecule has 0 radical (unpaired) electrons. The number of benzene rings is 1. The molecule has 1 N–H and O–H groups in total. The Bertz CT molecular complexity index is 423. The van der Waals surface area contributed by atoms with Crippen molar-refractivity contribution in [3.8, 4) is 0 Å². The van der Waals surface area contributed by atoms with Crippen LogP contribution in [0.1, 0.15) is 12.5 Å². The lowest BCUT2D eigenvalue weighted by molar-refractivity contribution is 0.725. The Labute approximate surface area is 84.0 Å². The Balaban J connectivity index is 2.32. The molecule has 0 unspecified atom stereocenters. The first-order chi connectivity index (χ1) is 6.90. The molecule has 72 valence electrons. The highest BCUT2D eigenvalue weighted by molar-refractivity contribution is 5.78. The van der Waals surface area contributed by atoms with Crippen LogP contribution in [0.2, 0.25) is 0 Å². The van der Waals surface area contributed by atoms with Gasteiger partial charge in [-0.2, -0.15) is 0 Å². The smallest absolute Gasteiger partial charge is 0.0702 e. The van der Waals surface area contributed by atoms with Crippen molar-refractivity contribution in [2.24, 2.45) is 0 Å². The van der Waals surface area contributed by atoms with Gasteiger partial charge in [0.25, 0.3) is 0 Å². The van der Waals surface area contributed by atoms with Gasteiger partial charge >= 0.3 is 0 Å². The predicted molar refractivity (Wildman–Crippen MR) is 59.1 cm³/mol. The maximum Gasteiger partial charge on any atom is 0.0702 e. The number of hydrogen-bond donors (Lipinski definition) is 1. The number of rotatable bonds is 3. The van der Waals surface area contributed by atoms with E-state index in [4.69, 9.17) is 0 Å². The lowest BCUT2D eigenvalue weighted by atomic mass is 10.1. The second-order valence-electron chi connectivity index (χ2n) is 3.32. The van der Waals surface area contributed by atoms with Crippen LogP contribution < -0.4 is 5.32 Å². The molecule has 2 heteroatoms. The summed E-state index contributed by atoms with van der Waals surface area (Å²) in [7, 11) is 0. The van der Waals surface area contributed by atoms with Crippen LogP contribution in [0, 0.1) is 0 Å². The third-order valence-electron chi connectivity index (χ3n) is 2.23. The molecule has 0 aliphatic carbocycles. The zero-order valence-electron chi connectivity index (χ0n) is 8.33. The minimum Gasteiger partial charge on any atom is -0.313 e. The van der Waals surface area contributed by atoms with Gasteiger partial charge in [0, 0.05) is 18.1 Å². The van der Waals surface area contributed by atoms with Crippen LogP contribution in [0.4, 0.5) is 0 Å². The largest absolute Gasteiger partial charge is 0.313 e. The van der Waals surface area contributed by atoms with Gasteiger partial charge < -0.3 is 5.32 Å². The summed E-state index contributed by atoms with van der Waals surface area (Å²) in [4.78, 5) is 4.39. The topological polar surface area (TPSA) is 24.9 Å². The van der Waals surface area contributed by atoms with E-state index in [1.165, 1.54) is 10.9 Å². The van der Waals surface area contributed by atoms with Crippen LogP contribution in [-0.4, -0.2) is 11.5 Å². The molecule has 0 saturated carbocycles. The fourth-order valence-electron chi connectivity index (χ4n) is 1.48. The summed E-state index contributed by atoms with van der Waals surface area (Å²) in [6.45, 7) is 4.00. The van der Waals surface area contributed by atoms with Gasteiger partial charge in [-0.25, -0.2) is 0 Å². The maximum atomic E-state index is 4.39. The Morgan fingerprint density at radius 3 is 3.00 bits per heavy atom. The van der Waals surface area contributed by atoms with Crippen molar-refractivity contribution in [1.29, 1.82) is 0 Å². The minimum absolute atomic E-state index is 0.897. The second-order valence-corrected chi connectivity index (χ2v) is 3.32. The first-order valence-corrected chi connectivity index (χ1v) is 4.94. The van der Waals surface area contributed by atoms with E-state index in [0.29, 0.717) is 0 Å². The fourth-order valence-corrected chi connectivity index (χ4v) is 1.48. The van der Waals surface area contributed by atoms with E-state index in [1.807, 2.05) is 24.4 Å². The van der Waals surface area contributed by atoms with Crippen LogP contribution in [0.5, 0.6) is 0 Å². The van der Waals surface area contributed by atoms with Gasteiger partial charge in [0.15, 0.2) is 0 Å². The average molecular weight is 186 g/mol. The average Bonchev–Trinajstić information content (AvgIpc) is 2.26. The van der Waals surface area contributed by atoms with E-state index in [1.54, 1.807) is 0 Å². The quantitative estimate of drug-likeness (QED) is 0.795. The summed E-state index contributed by atoms with van der Waals surface area (Å²) < 4.78 is 0. The molecular weight excluding hydrogens is 172 g/mol.